The van der Waals surface area contributed by atoms with Gasteiger partial charge >= 0.3 is 0 Å². The fourth-order valence-electron chi connectivity index (χ4n) is 2.49. The summed E-state index contributed by atoms with van der Waals surface area (Å²) < 4.78 is 0. The molecule has 3 amide bonds. The summed E-state index contributed by atoms with van der Waals surface area (Å²) in [7, 11) is 0. The van der Waals surface area contributed by atoms with Gasteiger partial charge in [-0.05, 0) is 37.6 Å². The van der Waals surface area contributed by atoms with Gasteiger partial charge in [0.2, 0.25) is 16.9 Å². The van der Waals surface area contributed by atoms with E-state index in [1.807, 2.05) is 0 Å². The third-order valence-electron chi connectivity index (χ3n) is 3.70. The first-order valence-electron chi connectivity index (χ1n) is 7.81. The van der Waals surface area contributed by atoms with E-state index in [0.717, 1.165) is 17.1 Å². The summed E-state index contributed by atoms with van der Waals surface area (Å²) in [4.78, 5) is 37.3. The molecule has 1 saturated heterocycles. The van der Waals surface area contributed by atoms with Gasteiger partial charge in [-0.15, -0.1) is 10.2 Å². The zero-order chi connectivity index (χ0) is 17.8. The number of anilines is 2. The van der Waals surface area contributed by atoms with E-state index in [1.165, 1.54) is 11.3 Å². The van der Waals surface area contributed by atoms with Crippen LogP contribution in [0.3, 0.4) is 0 Å². The normalized spacial score (nSPS) is 13.8. The highest BCUT2D eigenvalue weighted by Crippen LogP contribution is 2.21. The summed E-state index contributed by atoms with van der Waals surface area (Å²) in [5, 5.41) is 13.8. The fourth-order valence-corrected chi connectivity index (χ4v) is 3.10. The second-order valence-corrected chi connectivity index (χ2v) is 6.73. The molecule has 0 saturated carbocycles. The Morgan fingerprint density at radius 3 is 2.60 bits per heavy atom. The lowest BCUT2D eigenvalue weighted by atomic mass is 10.2. The topological polar surface area (TPSA) is 104 Å². The average molecular weight is 359 g/mol. The predicted octanol–water partition coefficient (Wildman–Crippen LogP) is 1.34. The number of nitrogens with one attached hydrogen (secondary N) is 2. The predicted molar refractivity (Wildman–Crippen MR) is 93.6 cm³/mol. The molecule has 130 valence electrons. The Labute approximate surface area is 148 Å². The van der Waals surface area contributed by atoms with Gasteiger partial charge in [-0.1, -0.05) is 11.3 Å². The van der Waals surface area contributed by atoms with E-state index in [0.29, 0.717) is 23.7 Å². The molecule has 0 aliphatic carbocycles. The van der Waals surface area contributed by atoms with E-state index in [9.17, 15) is 14.4 Å². The molecule has 9 heteroatoms. The van der Waals surface area contributed by atoms with Crippen LogP contribution in [-0.2, 0) is 9.59 Å². The molecule has 1 aliphatic heterocycles. The van der Waals surface area contributed by atoms with Crippen LogP contribution in [0.1, 0.15) is 28.2 Å². The average Bonchev–Trinajstić information content (AvgIpc) is 3.21. The second-order valence-electron chi connectivity index (χ2n) is 5.55. The van der Waals surface area contributed by atoms with Crippen LogP contribution in [-0.4, -0.2) is 41.0 Å². The molecular formula is C16H17N5O3S. The molecule has 0 unspecified atom stereocenters. The summed E-state index contributed by atoms with van der Waals surface area (Å²) in [5.41, 5.74) is 1.21. The molecule has 8 nitrogen and oxygen atoms in total. The summed E-state index contributed by atoms with van der Waals surface area (Å²) in [5.74, 6) is -0.632. The standard InChI is InChI=1S/C16H17N5O3S/c1-10-19-20-16(25-10)18-13(22)9-17-15(24)11-4-6-12(7-5-11)21-8-2-3-14(21)23/h4-7H,2-3,8-9H2,1H3,(H,17,24)(H,18,20,22). The number of aryl methyl sites for hydroxylation is 1. The Morgan fingerprint density at radius 2 is 2.00 bits per heavy atom. The highest BCUT2D eigenvalue weighted by atomic mass is 32.1. The number of rotatable bonds is 5. The zero-order valence-corrected chi connectivity index (χ0v) is 14.4. The second kappa shape index (κ2) is 7.39. The summed E-state index contributed by atoms with van der Waals surface area (Å²) >= 11 is 1.26. The monoisotopic (exact) mass is 359 g/mol. The van der Waals surface area contributed by atoms with Crippen LogP contribution < -0.4 is 15.5 Å². The van der Waals surface area contributed by atoms with E-state index in [2.05, 4.69) is 20.8 Å². The Kier molecular flexibility index (Phi) is 5.03. The van der Waals surface area contributed by atoms with E-state index in [1.54, 1.807) is 36.1 Å². The number of amides is 3. The van der Waals surface area contributed by atoms with Crippen molar-refractivity contribution in [3.05, 3.63) is 34.8 Å². The molecule has 1 aromatic heterocycles. The summed E-state index contributed by atoms with van der Waals surface area (Å²) in [6.45, 7) is 2.33. The van der Waals surface area contributed by atoms with Crippen LogP contribution in [0.2, 0.25) is 0 Å². The van der Waals surface area contributed by atoms with Gasteiger partial charge in [0.05, 0.1) is 6.54 Å². The number of nitrogens with zero attached hydrogens (tertiary/aromatic N) is 3. The summed E-state index contributed by atoms with van der Waals surface area (Å²) in [6, 6.07) is 6.76. The van der Waals surface area contributed by atoms with E-state index < -0.39 is 0 Å². The van der Waals surface area contributed by atoms with Crippen LogP contribution >= 0.6 is 11.3 Å². The van der Waals surface area contributed by atoms with Gasteiger partial charge < -0.3 is 10.2 Å². The lowest BCUT2D eigenvalue weighted by molar-refractivity contribution is -0.117. The molecule has 1 fully saturated rings. The van der Waals surface area contributed by atoms with Crippen molar-refractivity contribution in [1.82, 2.24) is 15.5 Å². The Balaban J connectivity index is 1.52. The van der Waals surface area contributed by atoms with Gasteiger partial charge in [0.15, 0.2) is 0 Å². The van der Waals surface area contributed by atoms with Crippen LogP contribution in [0.5, 0.6) is 0 Å². The number of hydrogen-bond donors (Lipinski definition) is 2. The van der Waals surface area contributed by atoms with E-state index in [-0.39, 0.29) is 24.3 Å². The molecule has 25 heavy (non-hydrogen) atoms. The smallest absolute Gasteiger partial charge is 0.251 e. The molecule has 2 heterocycles. The third-order valence-corrected chi connectivity index (χ3v) is 4.45. The molecule has 2 N–H and O–H groups in total. The van der Waals surface area contributed by atoms with Crippen LogP contribution in [0.25, 0.3) is 0 Å². The minimum absolute atomic E-state index is 0.0979. The van der Waals surface area contributed by atoms with E-state index in [4.69, 9.17) is 0 Å². The quantitative estimate of drug-likeness (QED) is 0.838. The van der Waals surface area contributed by atoms with Gasteiger partial charge in [-0.3, -0.25) is 19.7 Å². The first-order chi connectivity index (χ1) is 12.0. The lowest BCUT2D eigenvalue weighted by Gasteiger charge is -2.15. The maximum atomic E-state index is 12.1. The number of carbonyl (C=O) groups is 3. The first kappa shape index (κ1) is 17.0. The lowest BCUT2D eigenvalue weighted by Crippen LogP contribution is -2.32. The van der Waals surface area contributed by atoms with Gasteiger partial charge in [-0.2, -0.15) is 0 Å². The van der Waals surface area contributed by atoms with Crippen LogP contribution in [0.4, 0.5) is 10.8 Å². The van der Waals surface area contributed by atoms with Crippen molar-refractivity contribution >= 4 is 39.9 Å². The molecular weight excluding hydrogens is 342 g/mol. The van der Waals surface area contributed by atoms with Crippen LogP contribution in [0.15, 0.2) is 24.3 Å². The number of aromatic nitrogens is 2. The van der Waals surface area contributed by atoms with Crippen molar-refractivity contribution in [1.29, 1.82) is 0 Å². The number of carbonyl (C=O) groups excluding carboxylic acids is 3. The van der Waals surface area contributed by atoms with Gasteiger partial charge in [-0.25, -0.2) is 0 Å². The first-order valence-corrected chi connectivity index (χ1v) is 8.63. The summed E-state index contributed by atoms with van der Waals surface area (Å²) in [6.07, 6.45) is 1.41. The molecule has 0 spiro atoms. The van der Waals surface area contributed by atoms with Crippen molar-refractivity contribution in [2.75, 3.05) is 23.3 Å². The van der Waals surface area contributed by atoms with Gasteiger partial charge in [0, 0.05) is 24.2 Å². The van der Waals surface area contributed by atoms with Gasteiger partial charge in [0.1, 0.15) is 5.01 Å². The maximum Gasteiger partial charge on any atom is 0.251 e. The molecule has 2 aromatic rings. The number of benzene rings is 1. The fraction of sp³-hybridized carbons (Fsp3) is 0.312. The molecule has 0 radical (unpaired) electrons. The minimum Gasteiger partial charge on any atom is -0.343 e. The molecule has 0 bridgehead atoms. The highest BCUT2D eigenvalue weighted by Gasteiger charge is 2.21. The van der Waals surface area contributed by atoms with Crippen molar-refractivity contribution < 1.29 is 14.4 Å². The third kappa shape index (κ3) is 4.18. The van der Waals surface area contributed by atoms with Gasteiger partial charge in [0.25, 0.3) is 5.91 Å². The maximum absolute atomic E-state index is 12.1. The minimum atomic E-state index is -0.371. The molecule has 1 aromatic carbocycles. The Bertz CT molecular complexity index is 802. The van der Waals surface area contributed by atoms with Crippen molar-refractivity contribution in [3.63, 3.8) is 0 Å². The van der Waals surface area contributed by atoms with Crippen LogP contribution in [0, 0.1) is 6.92 Å². The Hall–Kier alpha value is -2.81. The Morgan fingerprint density at radius 1 is 1.24 bits per heavy atom. The molecule has 1 aliphatic rings. The van der Waals surface area contributed by atoms with Crippen molar-refractivity contribution in [2.45, 2.75) is 19.8 Å². The zero-order valence-electron chi connectivity index (χ0n) is 13.6. The highest BCUT2D eigenvalue weighted by molar-refractivity contribution is 7.15. The molecule has 3 rings (SSSR count). The molecule has 0 atom stereocenters. The number of hydrogen-bond acceptors (Lipinski definition) is 6. The largest absolute Gasteiger partial charge is 0.343 e. The van der Waals surface area contributed by atoms with Crippen molar-refractivity contribution in [3.8, 4) is 0 Å². The SMILES string of the molecule is Cc1nnc(NC(=O)CNC(=O)c2ccc(N3CCCC3=O)cc2)s1. The van der Waals surface area contributed by atoms with Crippen molar-refractivity contribution in [2.24, 2.45) is 0 Å². The van der Waals surface area contributed by atoms with E-state index >= 15 is 0 Å².